The molecule has 0 saturated carbocycles. The van der Waals surface area contributed by atoms with Gasteiger partial charge in [-0.15, -0.1) is 0 Å². The molecular weight excluding hydrogens is 443 g/mol. The summed E-state index contributed by atoms with van der Waals surface area (Å²) in [7, 11) is 0. The molecule has 1 aromatic heterocycles. The van der Waals surface area contributed by atoms with Gasteiger partial charge in [0.05, 0.1) is 23.2 Å². The van der Waals surface area contributed by atoms with Crippen LogP contribution in [0.5, 0.6) is 0 Å². The predicted octanol–water partition coefficient (Wildman–Crippen LogP) is 1.59. The first-order valence-electron chi connectivity index (χ1n) is 9.05. The molecule has 168 valence electrons. The quantitative estimate of drug-likeness (QED) is 0.403. The predicted molar refractivity (Wildman–Crippen MR) is 107 cm³/mol. The lowest BCUT2D eigenvalue weighted by atomic mass is 10.1. The van der Waals surface area contributed by atoms with Crippen molar-refractivity contribution < 1.29 is 23.0 Å². The Bertz CT molecular complexity index is 1110. The van der Waals surface area contributed by atoms with Crippen molar-refractivity contribution in [1.29, 1.82) is 0 Å². The molecular formula is C18H19ClF3N5O4. The van der Waals surface area contributed by atoms with Crippen LogP contribution >= 0.6 is 11.6 Å². The minimum atomic E-state index is -4.64. The third kappa shape index (κ3) is 5.09. The van der Waals surface area contributed by atoms with Crippen molar-refractivity contribution in [2.24, 2.45) is 10.7 Å². The normalized spacial score (nSPS) is 22.0. The van der Waals surface area contributed by atoms with Crippen LogP contribution in [-0.2, 0) is 10.9 Å². The topological polar surface area (TPSA) is 135 Å². The summed E-state index contributed by atoms with van der Waals surface area (Å²) < 4.78 is 45.9. The zero-order valence-corrected chi connectivity index (χ0v) is 16.9. The second kappa shape index (κ2) is 8.73. The van der Waals surface area contributed by atoms with E-state index in [9.17, 15) is 27.9 Å². The summed E-state index contributed by atoms with van der Waals surface area (Å²) in [6.45, 7) is 1.08. The van der Waals surface area contributed by atoms with Gasteiger partial charge >= 0.3 is 11.9 Å². The van der Waals surface area contributed by atoms with Crippen molar-refractivity contribution in [3.8, 4) is 0 Å². The Balaban J connectivity index is 1.80. The van der Waals surface area contributed by atoms with Crippen molar-refractivity contribution in [2.45, 2.75) is 37.9 Å². The van der Waals surface area contributed by atoms with Crippen LogP contribution in [0.2, 0.25) is 5.02 Å². The number of nitrogens with zero attached hydrogens (tertiary/aromatic N) is 2. The van der Waals surface area contributed by atoms with E-state index in [-0.39, 0.29) is 18.1 Å². The summed E-state index contributed by atoms with van der Waals surface area (Å²) in [5.74, 6) is -0.215. The van der Waals surface area contributed by atoms with Crippen molar-refractivity contribution in [2.75, 3.05) is 11.9 Å². The molecule has 1 fully saturated rings. The lowest BCUT2D eigenvalue weighted by Gasteiger charge is -2.15. The third-order valence-corrected chi connectivity index (χ3v) is 5.02. The van der Waals surface area contributed by atoms with Gasteiger partial charge in [-0.05, 0) is 25.1 Å². The number of aliphatic imine (C=N–C) groups is 1. The summed E-state index contributed by atoms with van der Waals surface area (Å²) in [6, 6.07) is 2.48. The van der Waals surface area contributed by atoms with E-state index in [0.717, 1.165) is 12.1 Å². The van der Waals surface area contributed by atoms with Gasteiger partial charge in [-0.3, -0.25) is 14.3 Å². The van der Waals surface area contributed by atoms with E-state index in [4.69, 9.17) is 22.1 Å². The lowest BCUT2D eigenvalue weighted by Crippen LogP contribution is -2.33. The van der Waals surface area contributed by atoms with Crippen LogP contribution in [0.1, 0.15) is 23.8 Å². The number of H-pyrrole nitrogens is 1. The van der Waals surface area contributed by atoms with Gasteiger partial charge in [0.2, 0.25) is 0 Å². The zero-order chi connectivity index (χ0) is 22.9. The Hall–Kier alpha value is -2.83. The first-order chi connectivity index (χ1) is 14.5. The molecule has 2 aromatic rings. The number of guanidine groups is 1. The maximum atomic E-state index is 13.0. The minimum Gasteiger partial charge on any atom is -0.394 e. The molecule has 5 N–H and O–H groups in total. The number of benzene rings is 1. The Morgan fingerprint density at radius 1 is 1.45 bits per heavy atom. The highest BCUT2D eigenvalue weighted by Gasteiger charge is 2.37. The van der Waals surface area contributed by atoms with E-state index < -0.39 is 53.0 Å². The van der Waals surface area contributed by atoms with Crippen molar-refractivity contribution in [1.82, 2.24) is 9.55 Å². The molecule has 1 aliphatic heterocycles. The number of aliphatic hydroxyl groups excluding tert-OH is 1. The molecule has 0 aliphatic carbocycles. The molecule has 0 bridgehead atoms. The van der Waals surface area contributed by atoms with E-state index in [1.807, 2.05) is 0 Å². The van der Waals surface area contributed by atoms with E-state index >= 15 is 0 Å². The van der Waals surface area contributed by atoms with Gasteiger partial charge in [0.25, 0.3) is 5.56 Å². The van der Waals surface area contributed by atoms with Crippen LogP contribution in [0.3, 0.4) is 0 Å². The number of anilines is 1. The standard InChI is InChI=1S/C18H19ClF3N5O4/c1-8-6-27(17(30)26-15(8)29)14-5-12(13(7-28)31-14)25-16(23)24-9-2-3-11(19)10(4-9)18(20,21)22/h2-4,6,12-14,28H,5,7H2,1H3,(H3,23,24,25)(H,26,29,30)/t12-,13+,14+/m0/s1. The van der Waals surface area contributed by atoms with Crippen molar-refractivity contribution in [3.63, 3.8) is 0 Å². The van der Waals surface area contributed by atoms with Crippen LogP contribution in [0.25, 0.3) is 0 Å². The van der Waals surface area contributed by atoms with Gasteiger partial charge in [0.15, 0.2) is 5.96 Å². The number of aromatic nitrogens is 2. The number of hydrogen-bond acceptors (Lipinski definition) is 5. The highest BCUT2D eigenvalue weighted by Crippen LogP contribution is 2.36. The van der Waals surface area contributed by atoms with Crippen molar-refractivity contribution in [3.05, 3.63) is 61.4 Å². The zero-order valence-electron chi connectivity index (χ0n) is 16.1. The van der Waals surface area contributed by atoms with Crippen LogP contribution in [0.4, 0.5) is 18.9 Å². The summed E-state index contributed by atoms with van der Waals surface area (Å²) >= 11 is 5.60. The average Bonchev–Trinajstić information content (AvgIpc) is 3.07. The molecule has 13 heteroatoms. The Labute approximate surface area is 178 Å². The van der Waals surface area contributed by atoms with Gasteiger partial charge in [-0.25, -0.2) is 9.79 Å². The maximum absolute atomic E-state index is 13.0. The van der Waals surface area contributed by atoms with Crippen LogP contribution in [0.15, 0.2) is 39.0 Å². The molecule has 0 amide bonds. The summed E-state index contributed by atoms with van der Waals surface area (Å²) in [6.07, 6.45) is -4.82. The number of hydrogen-bond donors (Lipinski definition) is 4. The maximum Gasteiger partial charge on any atom is 0.417 e. The van der Waals surface area contributed by atoms with Gasteiger partial charge in [-0.1, -0.05) is 11.6 Å². The fourth-order valence-electron chi connectivity index (χ4n) is 3.17. The molecule has 3 atom stereocenters. The molecule has 1 saturated heterocycles. The molecule has 2 heterocycles. The second-order valence-corrected chi connectivity index (χ2v) is 7.33. The Morgan fingerprint density at radius 3 is 2.81 bits per heavy atom. The fraction of sp³-hybridized carbons (Fsp3) is 0.389. The molecule has 0 unspecified atom stereocenters. The number of aromatic amines is 1. The molecule has 9 nitrogen and oxygen atoms in total. The Kier molecular flexibility index (Phi) is 6.43. The second-order valence-electron chi connectivity index (χ2n) is 6.93. The monoisotopic (exact) mass is 461 g/mol. The van der Waals surface area contributed by atoms with E-state index in [0.29, 0.717) is 5.56 Å². The lowest BCUT2D eigenvalue weighted by molar-refractivity contribution is -0.137. The number of aliphatic hydroxyl groups is 1. The number of nitrogens with two attached hydrogens (primary N) is 1. The smallest absolute Gasteiger partial charge is 0.394 e. The van der Waals surface area contributed by atoms with E-state index in [2.05, 4.69) is 15.3 Å². The SMILES string of the molecule is Cc1cn([C@H]2C[C@H](N=C(N)Nc3ccc(Cl)c(C(F)(F)F)c3)[C@@H](CO)O2)c(=O)[nH]c1=O. The number of ether oxygens (including phenoxy) is 1. The molecule has 1 aliphatic rings. The van der Waals surface area contributed by atoms with Crippen LogP contribution < -0.4 is 22.3 Å². The van der Waals surface area contributed by atoms with Gasteiger partial charge in [0, 0.05) is 23.9 Å². The fourth-order valence-corrected chi connectivity index (χ4v) is 3.39. The van der Waals surface area contributed by atoms with E-state index in [1.165, 1.54) is 23.8 Å². The van der Waals surface area contributed by atoms with Crippen LogP contribution in [-0.4, -0.2) is 39.4 Å². The first kappa shape index (κ1) is 22.8. The Morgan fingerprint density at radius 2 is 2.16 bits per heavy atom. The van der Waals surface area contributed by atoms with Gasteiger partial charge in [-0.2, -0.15) is 13.2 Å². The highest BCUT2D eigenvalue weighted by atomic mass is 35.5. The minimum absolute atomic E-state index is 0.0152. The number of halogens is 4. The average molecular weight is 462 g/mol. The van der Waals surface area contributed by atoms with E-state index in [1.54, 1.807) is 0 Å². The molecule has 31 heavy (non-hydrogen) atoms. The first-order valence-corrected chi connectivity index (χ1v) is 9.43. The number of rotatable bonds is 4. The third-order valence-electron chi connectivity index (χ3n) is 4.69. The number of aryl methyl sites for hydroxylation is 1. The number of nitrogens with one attached hydrogen (secondary N) is 2. The molecule has 0 radical (unpaired) electrons. The largest absolute Gasteiger partial charge is 0.417 e. The summed E-state index contributed by atoms with van der Waals surface area (Å²) in [5.41, 5.74) is 3.89. The number of alkyl halides is 3. The molecule has 1 aromatic carbocycles. The summed E-state index contributed by atoms with van der Waals surface area (Å²) in [5, 5.41) is 11.7. The molecule has 0 spiro atoms. The van der Waals surface area contributed by atoms with Crippen molar-refractivity contribution >= 4 is 23.2 Å². The van der Waals surface area contributed by atoms with Crippen LogP contribution in [0, 0.1) is 6.92 Å². The summed E-state index contributed by atoms with van der Waals surface area (Å²) in [4.78, 5) is 30.0. The highest BCUT2D eigenvalue weighted by molar-refractivity contribution is 6.31. The molecule has 3 rings (SSSR count). The van der Waals surface area contributed by atoms with Gasteiger partial charge < -0.3 is 20.9 Å². The van der Waals surface area contributed by atoms with Gasteiger partial charge in [0.1, 0.15) is 12.3 Å².